The molecule has 0 radical (unpaired) electrons. The Morgan fingerprint density at radius 3 is 3.00 bits per heavy atom. The Labute approximate surface area is 144 Å². The van der Waals surface area contributed by atoms with Crippen molar-refractivity contribution in [1.82, 2.24) is 4.98 Å². The number of hydrogen-bond acceptors (Lipinski definition) is 4. The zero-order chi connectivity index (χ0) is 16.5. The fourth-order valence-corrected chi connectivity index (χ4v) is 3.86. The summed E-state index contributed by atoms with van der Waals surface area (Å²) >= 11 is 1.58. The van der Waals surface area contributed by atoms with Crippen molar-refractivity contribution >= 4 is 34.5 Å². The number of aryl methyl sites for hydroxylation is 3. The fourth-order valence-electron chi connectivity index (χ4n) is 3.10. The number of anilines is 1. The van der Waals surface area contributed by atoms with Crippen LogP contribution in [-0.4, -0.2) is 16.6 Å². The number of amides is 1. The topological polar surface area (TPSA) is 55.1 Å². The lowest BCUT2D eigenvalue weighted by Crippen LogP contribution is -2.13. The third-order valence-corrected chi connectivity index (χ3v) is 5.21. The van der Waals surface area contributed by atoms with Crippen LogP contribution < -0.4 is 5.32 Å². The molecule has 1 aromatic heterocycles. The lowest BCUT2D eigenvalue weighted by atomic mass is 10.1. The van der Waals surface area contributed by atoms with E-state index in [0.717, 1.165) is 28.1 Å². The van der Waals surface area contributed by atoms with Crippen molar-refractivity contribution in [2.24, 2.45) is 0 Å². The summed E-state index contributed by atoms with van der Waals surface area (Å²) in [6.07, 6.45) is 3.59. The normalized spacial score (nSPS) is 13.2. The number of thioether (sulfide) groups is 1. The van der Waals surface area contributed by atoms with Gasteiger partial charge in [-0.3, -0.25) is 4.79 Å². The van der Waals surface area contributed by atoms with Gasteiger partial charge in [0.2, 0.25) is 5.91 Å². The van der Waals surface area contributed by atoms with Crippen LogP contribution in [0, 0.1) is 6.92 Å². The van der Waals surface area contributed by atoms with Gasteiger partial charge in [0, 0.05) is 17.5 Å². The van der Waals surface area contributed by atoms with E-state index in [9.17, 15) is 4.79 Å². The molecule has 4 rings (SSSR count). The Morgan fingerprint density at radius 1 is 1.21 bits per heavy atom. The van der Waals surface area contributed by atoms with Gasteiger partial charge in [-0.15, -0.1) is 11.8 Å². The molecular weight excluding hydrogens is 320 g/mol. The smallest absolute Gasteiger partial charge is 0.234 e. The molecule has 1 amide bonds. The first-order valence-electron chi connectivity index (χ1n) is 8.09. The predicted molar refractivity (Wildman–Crippen MR) is 96.6 cm³/mol. The first-order chi connectivity index (χ1) is 11.7. The highest BCUT2D eigenvalue weighted by Gasteiger charge is 2.12. The van der Waals surface area contributed by atoms with Gasteiger partial charge < -0.3 is 9.73 Å². The van der Waals surface area contributed by atoms with Gasteiger partial charge in [-0.1, -0.05) is 6.07 Å². The summed E-state index contributed by atoms with van der Waals surface area (Å²) in [5.74, 6) is 1.01. The zero-order valence-electron chi connectivity index (χ0n) is 13.5. The van der Waals surface area contributed by atoms with Crippen molar-refractivity contribution < 1.29 is 9.21 Å². The van der Waals surface area contributed by atoms with Gasteiger partial charge in [-0.2, -0.15) is 0 Å². The standard InChI is InChI=1S/C19H18N2O2S/c1-12-20-17-10-15(6-8-18(17)23-12)21-19(22)11-24-16-7-5-13-3-2-4-14(13)9-16/h5-10H,2-4,11H2,1H3,(H,21,22). The molecule has 0 aliphatic heterocycles. The lowest BCUT2D eigenvalue weighted by molar-refractivity contribution is -0.113. The largest absolute Gasteiger partial charge is 0.441 e. The summed E-state index contributed by atoms with van der Waals surface area (Å²) in [6.45, 7) is 1.81. The van der Waals surface area contributed by atoms with Crippen molar-refractivity contribution in [3.05, 3.63) is 53.4 Å². The van der Waals surface area contributed by atoms with Crippen LogP contribution in [0.2, 0.25) is 0 Å². The van der Waals surface area contributed by atoms with Crippen molar-refractivity contribution in [2.45, 2.75) is 31.1 Å². The molecule has 0 atom stereocenters. The fraction of sp³-hybridized carbons (Fsp3) is 0.263. The molecule has 1 aliphatic rings. The van der Waals surface area contributed by atoms with E-state index in [1.54, 1.807) is 11.8 Å². The highest BCUT2D eigenvalue weighted by atomic mass is 32.2. The minimum absolute atomic E-state index is 0.0138. The lowest BCUT2D eigenvalue weighted by Gasteiger charge is -2.06. The van der Waals surface area contributed by atoms with Crippen LogP contribution in [0.25, 0.3) is 11.1 Å². The number of aromatic nitrogens is 1. The highest BCUT2D eigenvalue weighted by molar-refractivity contribution is 8.00. The van der Waals surface area contributed by atoms with E-state index in [-0.39, 0.29) is 5.91 Å². The van der Waals surface area contributed by atoms with Crippen molar-refractivity contribution in [2.75, 3.05) is 11.1 Å². The van der Waals surface area contributed by atoms with Crippen molar-refractivity contribution in [1.29, 1.82) is 0 Å². The first-order valence-corrected chi connectivity index (χ1v) is 9.07. The summed E-state index contributed by atoms with van der Waals surface area (Å²) in [6, 6.07) is 12.0. The molecule has 5 heteroatoms. The molecule has 4 nitrogen and oxygen atoms in total. The number of nitrogens with zero attached hydrogens (tertiary/aromatic N) is 1. The number of carbonyl (C=O) groups excluding carboxylic acids is 1. The third kappa shape index (κ3) is 3.17. The Bertz CT molecular complexity index is 917. The second kappa shape index (κ2) is 6.32. The molecule has 1 heterocycles. The Balaban J connectivity index is 1.38. The maximum absolute atomic E-state index is 12.2. The van der Waals surface area contributed by atoms with Gasteiger partial charge in [0.15, 0.2) is 11.5 Å². The minimum atomic E-state index is -0.0138. The monoisotopic (exact) mass is 338 g/mol. The molecule has 24 heavy (non-hydrogen) atoms. The maximum Gasteiger partial charge on any atom is 0.234 e. The first kappa shape index (κ1) is 15.3. The average molecular weight is 338 g/mol. The number of oxazole rings is 1. The Hall–Kier alpha value is -2.27. The molecule has 3 aromatic rings. The molecule has 0 unspecified atom stereocenters. The summed E-state index contributed by atoms with van der Waals surface area (Å²) in [7, 11) is 0. The Morgan fingerprint density at radius 2 is 2.08 bits per heavy atom. The van der Waals surface area contributed by atoms with Gasteiger partial charge in [0.1, 0.15) is 5.52 Å². The van der Waals surface area contributed by atoms with E-state index in [1.807, 2.05) is 25.1 Å². The number of benzene rings is 2. The van der Waals surface area contributed by atoms with Gasteiger partial charge >= 0.3 is 0 Å². The van der Waals surface area contributed by atoms with E-state index in [2.05, 4.69) is 28.5 Å². The zero-order valence-corrected chi connectivity index (χ0v) is 14.3. The van der Waals surface area contributed by atoms with Crippen LogP contribution >= 0.6 is 11.8 Å². The van der Waals surface area contributed by atoms with E-state index in [1.165, 1.54) is 24.0 Å². The van der Waals surface area contributed by atoms with Crippen LogP contribution in [0.1, 0.15) is 23.4 Å². The van der Waals surface area contributed by atoms with Crippen molar-refractivity contribution in [3.8, 4) is 0 Å². The summed E-state index contributed by atoms with van der Waals surface area (Å²) < 4.78 is 5.44. The van der Waals surface area contributed by atoms with Crippen LogP contribution in [0.15, 0.2) is 45.7 Å². The van der Waals surface area contributed by atoms with E-state index in [4.69, 9.17) is 4.42 Å². The van der Waals surface area contributed by atoms with Gasteiger partial charge in [-0.25, -0.2) is 4.98 Å². The van der Waals surface area contributed by atoms with Gasteiger partial charge in [-0.05, 0) is 60.7 Å². The van der Waals surface area contributed by atoms with Gasteiger partial charge in [0.05, 0.1) is 5.75 Å². The highest BCUT2D eigenvalue weighted by Crippen LogP contribution is 2.27. The molecular formula is C19H18N2O2S. The third-order valence-electron chi connectivity index (χ3n) is 4.22. The molecule has 122 valence electrons. The second-order valence-corrected chi connectivity index (χ2v) is 7.09. The molecule has 1 N–H and O–H groups in total. The van der Waals surface area contributed by atoms with Crippen LogP contribution in [0.5, 0.6) is 0 Å². The summed E-state index contributed by atoms with van der Waals surface area (Å²) in [5, 5.41) is 2.92. The summed E-state index contributed by atoms with van der Waals surface area (Å²) in [4.78, 5) is 17.6. The SMILES string of the molecule is Cc1nc2cc(NC(=O)CSc3ccc4c(c3)CCC4)ccc2o1. The number of hydrogen-bond donors (Lipinski definition) is 1. The van der Waals surface area contributed by atoms with Gasteiger partial charge in [0.25, 0.3) is 0 Å². The average Bonchev–Trinajstić information content (AvgIpc) is 3.17. The molecule has 2 aromatic carbocycles. The van der Waals surface area contributed by atoms with Crippen LogP contribution in [0.3, 0.4) is 0 Å². The molecule has 1 aliphatic carbocycles. The molecule has 0 fully saturated rings. The number of nitrogens with one attached hydrogen (secondary N) is 1. The number of rotatable bonds is 4. The van der Waals surface area contributed by atoms with E-state index < -0.39 is 0 Å². The number of carbonyl (C=O) groups is 1. The molecule has 0 bridgehead atoms. The summed E-state index contributed by atoms with van der Waals surface area (Å²) in [5.41, 5.74) is 5.14. The molecule has 0 saturated carbocycles. The molecule has 0 spiro atoms. The minimum Gasteiger partial charge on any atom is -0.441 e. The van der Waals surface area contributed by atoms with Crippen LogP contribution in [0.4, 0.5) is 5.69 Å². The van der Waals surface area contributed by atoms with Crippen molar-refractivity contribution in [3.63, 3.8) is 0 Å². The quantitative estimate of drug-likeness (QED) is 0.718. The van der Waals surface area contributed by atoms with E-state index >= 15 is 0 Å². The van der Waals surface area contributed by atoms with E-state index in [0.29, 0.717) is 11.6 Å². The predicted octanol–water partition coefficient (Wildman–Crippen LogP) is 4.36. The maximum atomic E-state index is 12.2. The second-order valence-electron chi connectivity index (χ2n) is 6.04. The molecule has 0 saturated heterocycles. The number of fused-ring (bicyclic) bond motifs is 2. The van der Waals surface area contributed by atoms with Crippen LogP contribution in [-0.2, 0) is 17.6 Å². The Kier molecular flexibility index (Phi) is 4.02.